The van der Waals surface area contributed by atoms with E-state index in [1.54, 1.807) is 11.9 Å². The van der Waals surface area contributed by atoms with E-state index in [2.05, 4.69) is 22.3 Å². The maximum atomic E-state index is 12.0. The molecular weight excluding hydrogens is 348 g/mol. The Morgan fingerprint density at radius 2 is 1.88 bits per heavy atom. The monoisotopic (exact) mass is 376 g/mol. The van der Waals surface area contributed by atoms with Crippen molar-refractivity contribution in [1.29, 1.82) is 0 Å². The van der Waals surface area contributed by atoms with Crippen molar-refractivity contribution in [2.75, 3.05) is 37.7 Å². The standard InChI is InChI=1S/C16H28N2O4S2/c1-15(5-7-17-11-15)21-14(20)4-10-24-18-8-6-16(2,12-18)22-13(19)3-9-23/h17,23H,3-12H2,1-2H3. The molecule has 0 aromatic heterocycles. The molecule has 0 saturated carbocycles. The molecule has 0 aromatic carbocycles. The van der Waals surface area contributed by atoms with Gasteiger partial charge in [0.2, 0.25) is 0 Å². The second-order valence-corrected chi connectivity index (χ2v) is 8.58. The third-order valence-electron chi connectivity index (χ3n) is 4.35. The van der Waals surface area contributed by atoms with Crippen LogP contribution in [0.2, 0.25) is 0 Å². The molecule has 0 bridgehead atoms. The topological polar surface area (TPSA) is 67.9 Å². The largest absolute Gasteiger partial charge is 0.458 e. The number of hydrogen-bond donors (Lipinski definition) is 2. The van der Waals surface area contributed by atoms with E-state index in [1.165, 1.54) is 0 Å². The predicted molar refractivity (Wildman–Crippen MR) is 98.2 cm³/mol. The molecule has 24 heavy (non-hydrogen) atoms. The van der Waals surface area contributed by atoms with E-state index >= 15 is 0 Å². The average molecular weight is 377 g/mol. The van der Waals surface area contributed by atoms with Gasteiger partial charge in [-0.2, -0.15) is 12.6 Å². The fraction of sp³-hybridized carbons (Fsp3) is 0.875. The first-order valence-electron chi connectivity index (χ1n) is 8.47. The van der Waals surface area contributed by atoms with Gasteiger partial charge in [-0.05, 0) is 20.4 Å². The van der Waals surface area contributed by atoms with E-state index < -0.39 is 5.60 Å². The van der Waals surface area contributed by atoms with E-state index in [-0.39, 0.29) is 17.5 Å². The Morgan fingerprint density at radius 3 is 2.54 bits per heavy atom. The van der Waals surface area contributed by atoms with E-state index in [0.29, 0.717) is 30.9 Å². The highest BCUT2D eigenvalue weighted by molar-refractivity contribution is 7.97. The van der Waals surface area contributed by atoms with Crippen molar-refractivity contribution < 1.29 is 19.1 Å². The van der Waals surface area contributed by atoms with Gasteiger partial charge in [0.1, 0.15) is 11.2 Å². The molecule has 2 rings (SSSR count). The number of carbonyl (C=O) groups is 2. The minimum atomic E-state index is -0.434. The predicted octanol–water partition coefficient (Wildman–Crippen LogP) is 1.65. The van der Waals surface area contributed by atoms with Gasteiger partial charge in [-0.25, -0.2) is 4.31 Å². The average Bonchev–Trinajstić information content (AvgIpc) is 3.06. The summed E-state index contributed by atoms with van der Waals surface area (Å²) in [4.78, 5) is 23.6. The summed E-state index contributed by atoms with van der Waals surface area (Å²) >= 11 is 5.67. The number of carbonyl (C=O) groups excluding carboxylic acids is 2. The number of rotatable bonds is 8. The first kappa shape index (κ1) is 19.9. The lowest BCUT2D eigenvalue weighted by Crippen LogP contribution is -2.34. The van der Waals surface area contributed by atoms with Crippen molar-refractivity contribution >= 4 is 36.5 Å². The smallest absolute Gasteiger partial charge is 0.307 e. The lowest BCUT2D eigenvalue weighted by molar-refractivity contribution is -0.156. The quantitative estimate of drug-likeness (QED) is 0.379. The van der Waals surface area contributed by atoms with Crippen LogP contribution in [0.25, 0.3) is 0 Å². The number of nitrogens with one attached hydrogen (secondary N) is 1. The molecule has 6 nitrogen and oxygen atoms in total. The minimum Gasteiger partial charge on any atom is -0.458 e. The van der Waals surface area contributed by atoms with Crippen molar-refractivity contribution in [1.82, 2.24) is 9.62 Å². The van der Waals surface area contributed by atoms with Crippen LogP contribution in [0.15, 0.2) is 0 Å². The molecule has 0 aliphatic carbocycles. The number of hydrogen-bond acceptors (Lipinski definition) is 8. The molecule has 0 radical (unpaired) electrons. The molecule has 2 fully saturated rings. The molecule has 2 saturated heterocycles. The summed E-state index contributed by atoms with van der Waals surface area (Å²) < 4.78 is 13.3. The summed E-state index contributed by atoms with van der Waals surface area (Å²) in [7, 11) is 0. The summed E-state index contributed by atoms with van der Waals surface area (Å²) in [5.74, 6) is 0.852. The van der Waals surface area contributed by atoms with Crippen molar-refractivity contribution in [3.63, 3.8) is 0 Å². The van der Waals surface area contributed by atoms with E-state index in [4.69, 9.17) is 9.47 Å². The van der Waals surface area contributed by atoms with Gasteiger partial charge in [0.15, 0.2) is 0 Å². The van der Waals surface area contributed by atoms with Crippen LogP contribution in [-0.2, 0) is 19.1 Å². The van der Waals surface area contributed by atoms with Crippen LogP contribution in [-0.4, -0.2) is 65.1 Å². The van der Waals surface area contributed by atoms with Crippen LogP contribution in [0.3, 0.4) is 0 Å². The first-order valence-corrected chi connectivity index (χ1v) is 10.0. The molecule has 2 aliphatic heterocycles. The number of nitrogens with zero attached hydrogens (tertiary/aromatic N) is 1. The van der Waals surface area contributed by atoms with Gasteiger partial charge in [0, 0.05) is 44.0 Å². The third kappa shape index (κ3) is 6.13. The van der Waals surface area contributed by atoms with Crippen LogP contribution >= 0.6 is 24.6 Å². The normalized spacial score (nSPS) is 30.5. The zero-order valence-electron chi connectivity index (χ0n) is 14.5. The van der Waals surface area contributed by atoms with Crippen LogP contribution < -0.4 is 5.32 Å². The Balaban J connectivity index is 1.64. The Labute approximate surface area is 153 Å². The van der Waals surface area contributed by atoms with Gasteiger partial charge in [-0.15, -0.1) is 0 Å². The van der Waals surface area contributed by atoms with Gasteiger partial charge in [0.05, 0.1) is 12.8 Å². The van der Waals surface area contributed by atoms with Crippen molar-refractivity contribution in [3.8, 4) is 0 Å². The number of thiol groups is 1. The molecule has 2 heterocycles. The summed E-state index contributed by atoms with van der Waals surface area (Å²) in [6, 6.07) is 0. The molecule has 2 unspecified atom stereocenters. The van der Waals surface area contributed by atoms with E-state index in [1.807, 2.05) is 13.8 Å². The van der Waals surface area contributed by atoms with E-state index in [0.717, 1.165) is 32.5 Å². The van der Waals surface area contributed by atoms with Crippen molar-refractivity contribution in [3.05, 3.63) is 0 Å². The van der Waals surface area contributed by atoms with Gasteiger partial charge in [-0.1, -0.05) is 11.9 Å². The van der Waals surface area contributed by atoms with E-state index in [9.17, 15) is 9.59 Å². The SMILES string of the molecule is CC1(OC(=O)CCSN2CCC(C)(OC(=O)CCS)C2)CCNC1. The second-order valence-electron chi connectivity index (χ2n) is 6.95. The molecule has 8 heteroatoms. The Hall–Kier alpha value is -0.440. The molecule has 0 aromatic rings. The fourth-order valence-electron chi connectivity index (χ4n) is 2.97. The van der Waals surface area contributed by atoms with Crippen molar-refractivity contribution in [2.24, 2.45) is 0 Å². The Kier molecular flexibility index (Phi) is 7.27. The summed E-state index contributed by atoms with van der Waals surface area (Å²) in [5.41, 5.74) is -0.786. The molecule has 1 N–H and O–H groups in total. The molecule has 0 amide bonds. The molecule has 138 valence electrons. The number of esters is 2. The van der Waals surface area contributed by atoms with Gasteiger partial charge in [0.25, 0.3) is 0 Å². The molecule has 2 atom stereocenters. The Morgan fingerprint density at radius 1 is 1.17 bits per heavy atom. The maximum absolute atomic E-state index is 12.0. The van der Waals surface area contributed by atoms with Crippen LogP contribution in [0.4, 0.5) is 0 Å². The maximum Gasteiger partial charge on any atom is 0.307 e. The highest BCUT2D eigenvalue weighted by Gasteiger charge is 2.37. The molecule has 2 aliphatic rings. The zero-order valence-corrected chi connectivity index (χ0v) is 16.2. The highest BCUT2D eigenvalue weighted by Crippen LogP contribution is 2.30. The fourth-order valence-corrected chi connectivity index (χ4v) is 4.25. The lowest BCUT2D eigenvalue weighted by Gasteiger charge is -2.25. The van der Waals surface area contributed by atoms with Gasteiger partial charge >= 0.3 is 11.9 Å². The summed E-state index contributed by atoms with van der Waals surface area (Å²) in [6.07, 6.45) is 2.42. The first-order chi connectivity index (χ1) is 11.3. The number of ether oxygens (including phenoxy) is 2. The molecule has 0 spiro atoms. The highest BCUT2D eigenvalue weighted by atomic mass is 32.2. The zero-order chi connectivity index (χ0) is 17.6. The van der Waals surface area contributed by atoms with Crippen LogP contribution in [0.5, 0.6) is 0 Å². The van der Waals surface area contributed by atoms with Crippen molar-refractivity contribution in [2.45, 2.75) is 50.7 Å². The lowest BCUT2D eigenvalue weighted by atomic mass is 10.1. The summed E-state index contributed by atoms with van der Waals surface area (Å²) in [5, 5.41) is 3.22. The minimum absolute atomic E-state index is 0.143. The second kappa shape index (κ2) is 8.78. The van der Waals surface area contributed by atoms with Gasteiger partial charge in [-0.3, -0.25) is 9.59 Å². The third-order valence-corrected chi connectivity index (χ3v) is 5.63. The summed E-state index contributed by atoms with van der Waals surface area (Å²) in [6.45, 7) is 7.11. The van der Waals surface area contributed by atoms with Gasteiger partial charge < -0.3 is 14.8 Å². The van der Waals surface area contributed by atoms with Crippen LogP contribution in [0, 0.1) is 0 Å². The Bertz CT molecular complexity index is 457. The van der Waals surface area contributed by atoms with Crippen LogP contribution in [0.1, 0.15) is 39.5 Å². The molecular formula is C16H28N2O4S2.